The third kappa shape index (κ3) is 3.45. The summed E-state index contributed by atoms with van der Waals surface area (Å²) in [6.07, 6.45) is 4.30. The zero-order valence-electron chi connectivity index (χ0n) is 10.6. The van der Waals surface area contributed by atoms with Gasteiger partial charge in [0.2, 0.25) is 0 Å². The number of amides is 2. The van der Waals surface area contributed by atoms with Crippen molar-refractivity contribution in [3.05, 3.63) is 30.1 Å². The number of nitrogens with one attached hydrogen (secondary N) is 2. The van der Waals surface area contributed by atoms with Crippen molar-refractivity contribution < 1.29 is 9.18 Å². The molecule has 3 nitrogen and oxygen atoms in total. The van der Waals surface area contributed by atoms with E-state index in [1.807, 2.05) is 0 Å². The van der Waals surface area contributed by atoms with Crippen LogP contribution in [-0.4, -0.2) is 12.1 Å². The standard InChI is InChI=1S/C14H19FN2O/c1-10-6-8-11(9-7-10)16-14(18)17-13-5-3-2-4-12(13)15/h2-5,10-11H,6-9H2,1H3,(H2,16,17,18). The van der Waals surface area contributed by atoms with Gasteiger partial charge in [-0.25, -0.2) is 9.18 Å². The molecule has 98 valence electrons. The van der Waals surface area contributed by atoms with E-state index in [2.05, 4.69) is 17.6 Å². The van der Waals surface area contributed by atoms with E-state index in [-0.39, 0.29) is 17.8 Å². The second kappa shape index (κ2) is 5.85. The van der Waals surface area contributed by atoms with E-state index in [0.29, 0.717) is 0 Å². The molecule has 2 rings (SSSR count). The van der Waals surface area contributed by atoms with Crippen molar-refractivity contribution in [2.75, 3.05) is 5.32 Å². The maximum absolute atomic E-state index is 13.3. The molecule has 1 saturated carbocycles. The van der Waals surface area contributed by atoms with Crippen molar-refractivity contribution in [2.45, 2.75) is 38.6 Å². The molecule has 0 radical (unpaired) electrons. The highest BCUT2D eigenvalue weighted by atomic mass is 19.1. The van der Waals surface area contributed by atoms with Crippen LogP contribution in [0.3, 0.4) is 0 Å². The Morgan fingerprint density at radius 1 is 1.22 bits per heavy atom. The second-order valence-electron chi connectivity index (χ2n) is 5.04. The van der Waals surface area contributed by atoms with Gasteiger partial charge in [-0.1, -0.05) is 19.1 Å². The Bertz CT molecular complexity index is 414. The van der Waals surface area contributed by atoms with Crippen LogP contribution in [0.25, 0.3) is 0 Å². The molecule has 0 aliphatic heterocycles. The van der Waals surface area contributed by atoms with Crippen LogP contribution in [0.15, 0.2) is 24.3 Å². The Morgan fingerprint density at radius 3 is 2.56 bits per heavy atom. The average Bonchev–Trinajstić information content (AvgIpc) is 2.35. The first-order chi connectivity index (χ1) is 8.65. The third-order valence-electron chi connectivity index (χ3n) is 3.47. The fourth-order valence-electron chi connectivity index (χ4n) is 2.31. The van der Waals surface area contributed by atoms with Crippen LogP contribution < -0.4 is 10.6 Å². The number of anilines is 1. The normalized spacial score (nSPS) is 23.4. The minimum atomic E-state index is -0.412. The molecule has 0 atom stereocenters. The predicted molar refractivity (Wildman–Crippen MR) is 70.0 cm³/mol. The second-order valence-corrected chi connectivity index (χ2v) is 5.04. The molecule has 0 spiro atoms. The topological polar surface area (TPSA) is 41.1 Å². The summed E-state index contributed by atoms with van der Waals surface area (Å²) in [4.78, 5) is 11.7. The monoisotopic (exact) mass is 250 g/mol. The predicted octanol–water partition coefficient (Wildman–Crippen LogP) is 3.53. The Morgan fingerprint density at radius 2 is 1.89 bits per heavy atom. The van der Waals surface area contributed by atoms with E-state index in [4.69, 9.17) is 0 Å². The Hall–Kier alpha value is -1.58. The van der Waals surface area contributed by atoms with Gasteiger partial charge in [-0.05, 0) is 43.7 Å². The van der Waals surface area contributed by atoms with E-state index in [9.17, 15) is 9.18 Å². The lowest BCUT2D eigenvalue weighted by Crippen LogP contribution is -2.40. The van der Waals surface area contributed by atoms with E-state index in [0.717, 1.165) is 31.6 Å². The summed E-state index contributed by atoms with van der Waals surface area (Å²) in [5, 5.41) is 5.44. The molecule has 2 N–H and O–H groups in total. The number of hydrogen-bond acceptors (Lipinski definition) is 1. The quantitative estimate of drug-likeness (QED) is 0.828. The zero-order chi connectivity index (χ0) is 13.0. The van der Waals surface area contributed by atoms with Crippen LogP contribution in [0.5, 0.6) is 0 Å². The average molecular weight is 250 g/mol. The number of hydrogen-bond donors (Lipinski definition) is 2. The summed E-state index contributed by atoms with van der Waals surface area (Å²) in [6.45, 7) is 2.23. The van der Waals surface area contributed by atoms with E-state index < -0.39 is 5.82 Å². The van der Waals surface area contributed by atoms with Gasteiger partial charge in [0, 0.05) is 6.04 Å². The Kier molecular flexibility index (Phi) is 4.18. The molecule has 1 fully saturated rings. The first-order valence-corrected chi connectivity index (χ1v) is 6.47. The number of para-hydroxylation sites is 1. The fourth-order valence-corrected chi connectivity index (χ4v) is 2.31. The molecule has 18 heavy (non-hydrogen) atoms. The van der Waals surface area contributed by atoms with Gasteiger partial charge in [-0.3, -0.25) is 0 Å². The molecular formula is C14H19FN2O. The molecule has 0 aromatic heterocycles. The van der Waals surface area contributed by atoms with Crippen molar-refractivity contribution in [3.8, 4) is 0 Å². The van der Waals surface area contributed by atoms with Gasteiger partial charge in [-0.2, -0.15) is 0 Å². The van der Waals surface area contributed by atoms with E-state index in [1.165, 1.54) is 6.07 Å². The van der Waals surface area contributed by atoms with Crippen LogP contribution in [0, 0.1) is 11.7 Å². The largest absolute Gasteiger partial charge is 0.335 e. The van der Waals surface area contributed by atoms with Crippen LogP contribution in [0.1, 0.15) is 32.6 Å². The fraction of sp³-hybridized carbons (Fsp3) is 0.500. The summed E-state index contributed by atoms with van der Waals surface area (Å²) < 4.78 is 13.3. The minimum absolute atomic E-state index is 0.216. The van der Waals surface area contributed by atoms with Gasteiger partial charge < -0.3 is 10.6 Å². The smallest absolute Gasteiger partial charge is 0.319 e. The van der Waals surface area contributed by atoms with Crippen molar-refractivity contribution in [1.29, 1.82) is 0 Å². The molecular weight excluding hydrogens is 231 g/mol. The SMILES string of the molecule is CC1CCC(NC(=O)Nc2ccccc2F)CC1. The highest BCUT2D eigenvalue weighted by Gasteiger charge is 2.19. The van der Waals surface area contributed by atoms with E-state index in [1.54, 1.807) is 18.2 Å². The molecule has 1 aliphatic rings. The first-order valence-electron chi connectivity index (χ1n) is 6.47. The van der Waals surface area contributed by atoms with Gasteiger partial charge in [0.15, 0.2) is 0 Å². The Labute approximate surface area is 107 Å². The highest BCUT2D eigenvalue weighted by Crippen LogP contribution is 2.23. The number of urea groups is 1. The lowest BCUT2D eigenvalue weighted by molar-refractivity contribution is 0.239. The maximum Gasteiger partial charge on any atom is 0.319 e. The third-order valence-corrected chi connectivity index (χ3v) is 3.47. The van der Waals surface area contributed by atoms with E-state index >= 15 is 0 Å². The number of rotatable bonds is 2. The van der Waals surface area contributed by atoms with Gasteiger partial charge in [0.05, 0.1) is 5.69 Å². The van der Waals surface area contributed by atoms with Gasteiger partial charge >= 0.3 is 6.03 Å². The number of carbonyl (C=O) groups is 1. The molecule has 1 aromatic carbocycles. The van der Waals surface area contributed by atoms with Crippen molar-refractivity contribution in [3.63, 3.8) is 0 Å². The van der Waals surface area contributed by atoms with Crippen LogP contribution in [-0.2, 0) is 0 Å². The number of carbonyl (C=O) groups excluding carboxylic acids is 1. The lowest BCUT2D eigenvalue weighted by Gasteiger charge is -2.26. The van der Waals surface area contributed by atoms with Gasteiger partial charge in [0.1, 0.15) is 5.82 Å². The molecule has 0 saturated heterocycles. The Balaban J connectivity index is 1.84. The summed E-state index contributed by atoms with van der Waals surface area (Å²) in [6, 6.07) is 6.07. The van der Waals surface area contributed by atoms with Gasteiger partial charge in [0.25, 0.3) is 0 Å². The molecule has 4 heteroatoms. The maximum atomic E-state index is 13.3. The van der Waals surface area contributed by atoms with Crippen LogP contribution in [0.4, 0.5) is 14.9 Å². The summed E-state index contributed by atoms with van der Waals surface area (Å²) in [5.41, 5.74) is 0.221. The summed E-state index contributed by atoms with van der Waals surface area (Å²) in [5.74, 6) is 0.336. The minimum Gasteiger partial charge on any atom is -0.335 e. The molecule has 0 bridgehead atoms. The molecule has 1 aromatic rings. The van der Waals surface area contributed by atoms with Crippen molar-refractivity contribution in [1.82, 2.24) is 5.32 Å². The summed E-state index contributed by atoms with van der Waals surface area (Å²) >= 11 is 0. The van der Waals surface area contributed by atoms with Crippen molar-refractivity contribution >= 4 is 11.7 Å². The van der Waals surface area contributed by atoms with Crippen LogP contribution >= 0.6 is 0 Å². The molecule has 0 heterocycles. The molecule has 1 aliphatic carbocycles. The number of benzene rings is 1. The van der Waals surface area contributed by atoms with Crippen molar-refractivity contribution in [2.24, 2.45) is 5.92 Å². The molecule has 2 amide bonds. The zero-order valence-corrected chi connectivity index (χ0v) is 10.6. The van der Waals surface area contributed by atoms with Crippen LogP contribution in [0.2, 0.25) is 0 Å². The lowest BCUT2D eigenvalue weighted by atomic mass is 9.87. The van der Waals surface area contributed by atoms with Gasteiger partial charge in [-0.15, -0.1) is 0 Å². The number of halogens is 1. The summed E-state index contributed by atoms with van der Waals surface area (Å²) in [7, 11) is 0. The molecule has 0 unspecified atom stereocenters. The first kappa shape index (κ1) is 12.9. The highest BCUT2D eigenvalue weighted by molar-refractivity contribution is 5.89.